The van der Waals surface area contributed by atoms with Gasteiger partial charge < -0.3 is 29.9 Å². The molecule has 0 aromatic rings. The fourth-order valence-electron chi connectivity index (χ4n) is 9.02. The molecule has 2 rings (SSSR count). The van der Waals surface area contributed by atoms with Crippen molar-refractivity contribution in [2.45, 2.75) is 268 Å². The zero-order chi connectivity index (χ0) is 38.3. The lowest BCUT2D eigenvalue weighted by atomic mass is 9.70. The van der Waals surface area contributed by atoms with Crippen LogP contribution in [-0.2, 0) is 9.47 Å². The van der Waals surface area contributed by atoms with Crippen molar-refractivity contribution < 1.29 is 29.9 Å². The minimum Gasteiger partial charge on any atom is -0.389 e. The van der Waals surface area contributed by atoms with E-state index < -0.39 is 34.6 Å². The summed E-state index contributed by atoms with van der Waals surface area (Å²) in [6.07, 6.45) is 43.3. The molecule has 2 aliphatic heterocycles. The number of aliphatic hydroxyl groups is 4. The minimum absolute atomic E-state index is 0.0479. The summed E-state index contributed by atoms with van der Waals surface area (Å²) in [5.74, 6) is -4.26. The predicted molar refractivity (Wildman–Crippen MR) is 231 cm³/mol. The number of hydrogen-bond donors (Lipinski definition) is 4. The number of unbranched alkanes of at least 4 members (excludes halogenated alkanes) is 30. The highest BCUT2D eigenvalue weighted by molar-refractivity contribution is 7.39. The number of hydrogen-bond acceptors (Lipinski definition) is 6. The molecular formula is C45H90O6P2. The molecule has 0 radical (unpaired) electrons. The average molecular weight is 789 g/mol. The van der Waals surface area contributed by atoms with Gasteiger partial charge in [0.25, 0.3) is 0 Å². The standard InChI is InChI=1S/C45H90O6P2/c1-3-5-7-9-11-13-15-17-19-21-23-25-27-29-31-33-35-50-45(43(49)53-42(48)39-44(45)37-40(46)52-41(47)38-44)51-36-34-32-30-28-26-24-22-20-18-16-14-12-10-8-6-4-2/h40-43,46-49,52-53H,3-39H2,1-2H3. The van der Waals surface area contributed by atoms with E-state index in [-0.39, 0.29) is 17.2 Å². The van der Waals surface area contributed by atoms with Gasteiger partial charge in [-0.05, 0) is 32.1 Å². The lowest BCUT2D eigenvalue weighted by Gasteiger charge is -2.58. The SMILES string of the molecule is CCCCCCCCCCCCCCCCCCOC1(OCCCCCCCCCCCCCCCCCC)C(O)PC(O)CC12CC(O)PC(O)C2. The van der Waals surface area contributed by atoms with Gasteiger partial charge in [-0.2, -0.15) is 0 Å². The normalized spacial score (nSPS) is 25.2. The molecule has 316 valence electrons. The molecule has 0 aromatic heterocycles. The van der Waals surface area contributed by atoms with E-state index in [1.807, 2.05) is 0 Å². The Labute approximate surface area is 332 Å². The molecule has 0 aromatic carbocycles. The highest BCUT2D eigenvalue weighted by Gasteiger charge is 2.64. The summed E-state index contributed by atoms with van der Waals surface area (Å²) in [6.45, 7) is 5.55. The Bertz CT molecular complexity index is 759. The second-order valence-corrected chi connectivity index (χ2v) is 20.4. The quantitative estimate of drug-likeness (QED) is 0.0287. The van der Waals surface area contributed by atoms with Crippen molar-refractivity contribution in [2.24, 2.45) is 5.41 Å². The summed E-state index contributed by atoms with van der Waals surface area (Å²) in [5.41, 5.74) is -0.800. The van der Waals surface area contributed by atoms with Gasteiger partial charge in [-0.25, -0.2) is 0 Å². The van der Waals surface area contributed by atoms with Gasteiger partial charge in [-0.1, -0.05) is 224 Å². The maximum absolute atomic E-state index is 11.6. The van der Waals surface area contributed by atoms with Crippen LogP contribution < -0.4 is 0 Å². The Hall–Kier alpha value is 0.620. The molecule has 2 saturated heterocycles. The monoisotopic (exact) mass is 789 g/mol. The molecule has 0 aliphatic carbocycles. The molecule has 4 N–H and O–H groups in total. The molecule has 8 heteroatoms. The van der Waals surface area contributed by atoms with Crippen LogP contribution in [0.2, 0.25) is 0 Å². The molecule has 0 bridgehead atoms. The van der Waals surface area contributed by atoms with Gasteiger partial charge in [-0.3, -0.25) is 0 Å². The number of rotatable bonds is 36. The Morgan fingerprint density at radius 1 is 0.377 bits per heavy atom. The van der Waals surface area contributed by atoms with Crippen LogP contribution in [-0.4, -0.2) is 62.8 Å². The highest BCUT2D eigenvalue weighted by Crippen LogP contribution is 2.62. The van der Waals surface area contributed by atoms with Gasteiger partial charge >= 0.3 is 0 Å². The molecular weight excluding hydrogens is 698 g/mol. The smallest absolute Gasteiger partial charge is 0.204 e. The second kappa shape index (κ2) is 32.6. The van der Waals surface area contributed by atoms with E-state index in [2.05, 4.69) is 13.8 Å². The Kier molecular flexibility index (Phi) is 30.6. The summed E-state index contributed by atoms with van der Waals surface area (Å²) < 4.78 is 13.3. The van der Waals surface area contributed by atoms with Crippen molar-refractivity contribution >= 4 is 17.2 Å². The highest BCUT2D eigenvalue weighted by atomic mass is 31.1. The van der Waals surface area contributed by atoms with Crippen molar-refractivity contribution in [3.63, 3.8) is 0 Å². The number of aliphatic hydroxyl groups excluding tert-OH is 4. The third kappa shape index (κ3) is 21.8. The van der Waals surface area contributed by atoms with Crippen LogP contribution in [0.4, 0.5) is 0 Å². The van der Waals surface area contributed by atoms with Crippen molar-refractivity contribution in [1.82, 2.24) is 0 Å². The zero-order valence-corrected chi connectivity index (χ0v) is 37.1. The van der Waals surface area contributed by atoms with Crippen LogP contribution in [0.25, 0.3) is 0 Å². The summed E-state index contributed by atoms with van der Waals surface area (Å²) >= 11 is 0. The van der Waals surface area contributed by atoms with Crippen molar-refractivity contribution in [3.05, 3.63) is 0 Å². The van der Waals surface area contributed by atoms with Crippen LogP contribution in [0.5, 0.6) is 0 Å². The average Bonchev–Trinajstić information content (AvgIpc) is 3.12. The van der Waals surface area contributed by atoms with E-state index in [0.29, 0.717) is 32.5 Å². The summed E-state index contributed by atoms with van der Waals surface area (Å²) in [4.78, 5) is 0. The predicted octanol–water partition coefficient (Wildman–Crippen LogP) is 13.1. The van der Waals surface area contributed by atoms with Gasteiger partial charge in [0.15, 0.2) is 0 Å². The Balaban J connectivity index is 1.67. The first-order valence-corrected chi connectivity index (χ1v) is 25.7. The van der Waals surface area contributed by atoms with Crippen LogP contribution in [0.1, 0.15) is 239 Å². The molecule has 6 nitrogen and oxygen atoms in total. The minimum atomic E-state index is -1.29. The van der Waals surface area contributed by atoms with Gasteiger partial charge in [0.05, 0.1) is 30.7 Å². The van der Waals surface area contributed by atoms with Gasteiger partial charge in [0, 0.05) is 5.41 Å². The molecule has 2 heterocycles. The van der Waals surface area contributed by atoms with Gasteiger partial charge in [-0.15, -0.1) is 0 Å². The zero-order valence-electron chi connectivity index (χ0n) is 35.1. The van der Waals surface area contributed by atoms with E-state index in [0.717, 1.165) is 25.7 Å². The van der Waals surface area contributed by atoms with E-state index >= 15 is 0 Å². The molecule has 2 fully saturated rings. The topological polar surface area (TPSA) is 99.4 Å². The van der Waals surface area contributed by atoms with Crippen molar-refractivity contribution in [2.75, 3.05) is 13.2 Å². The van der Waals surface area contributed by atoms with Crippen molar-refractivity contribution in [1.29, 1.82) is 0 Å². The molecule has 0 amide bonds. The van der Waals surface area contributed by atoms with Crippen LogP contribution in [0.15, 0.2) is 0 Å². The van der Waals surface area contributed by atoms with E-state index in [4.69, 9.17) is 9.47 Å². The third-order valence-electron chi connectivity index (χ3n) is 12.2. The fourth-order valence-corrected chi connectivity index (χ4v) is 12.0. The first-order chi connectivity index (χ1) is 25.9. The number of ether oxygens (including phenoxy) is 2. The summed E-state index contributed by atoms with van der Waals surface area (Å²) in [5, 5.41) is 44.1. The Morgan fingerprint density at radius 2 is 0.623 bits per heavy atom. The molecule has 2 aliphatic rings. The van der Waals surface area contributed by atoms with E-state index in [9.17, 15) is 20.4 Å². The molecule has 5 atom stereocenters. The first kappa shape index (κ1) is 49.8. The third-order valence-corrected chi connectivity index (χ3v) is 14.7. The molecule has 0 saturated carbocycles. The first-order valence-electron chi connectivity index (χ1n) is 23.4. The lowest BCUT2D eigenvalue weighted by Crippen LogP contribution is -2.64. The molecule has 1 spiro atoms. The van der Waals surface area contributed by atoms with E-state index in [1.54, 1.807) is 0 Å². The largest absolute Gasteiger partial charge is 0.389 e. The van der Waals surface area contributed by atoms with Crippen LogP contribution >= 0.6 is 17.2 Å². The molecule has 53 heavy (non-hydrogen) atoms. The fraction of sp³-hybridized carbons (Fsp3) is 1.00. The molecule has 5 unspecified atom stereocenters. The van der Waals surface area contributed by atoms with Crippen LogP contribution in [0, 0.1) is 5.41 Å². The maximum Gasteiger partial charge on any atom is 0.204 e. The van der Waals surface area contributed by atoms with Crippen LogP contribution in [0.3, 0.4) is 0 Å². The van der Waals surface area contributed by atoms with Gasteiger partial charge in [0.2, 0.25) is 5.79 Å². The lowest BCUT2D eigenvalue weighted by molar-refractivity contribution is -0.340. The summed E-state index contributed by atoms with van der Waals surface area (Å²) in [6, 6.07) is 0. The van der Waals surface area contributed by atoms with E-state index in [1.165, 1.54) is 180 Å². The van der Waals surface area contributed by atoms with Gasteiger partial charge in [0.1, 0.15) is 5.85 Å². The second-order valence-electron chi connectivity index (χ2n) is 17.1. The summed E-state index contributed by atoms with van der Waals surface area (Å²) in [7, 11) is -0.0477. The Morgan fingerprint density at radius 3 is 0.906 bits per heavy atom. The maximum atomic E-state index is 11.6. The van der Waals surface area contributed by atoms with Crippen molar-refractivity contribution in [3.8, 4) is 0 Å².